The Balaban J connectivity index is 2.08. The molecule has 1 aliphatic heterocycles. The fraction of sp³-hybridized carbons (Fsp3) is 0.700. The maximum Gasteiger partial charge on any atom is 0.124 e. The van der Waals surface area contributed by atoms with Gasteiger partial charge >= 0.3 is 0 Å². The molecule has 0 bridgehead atoms. The quantitative estimate of drug-likeness (QED) is 0.717. The molecule has 1 aromatic rings. The number of ether oxygens (including phenoxy) is 1. The van der Waals surface area contributed by atoms with E-state index >= 15 is 0 Å². The van der Waals surface area contributed by atoms with Crippen LogP contribution in [0.2, 0.25) is 0 Å². The van der Waals surface area contributed by atoms with Crippen LogP contribution in [0.5, 0.6) is 0 Å². The molecule has 1 aliphatic rings. The van der Waals surface area contributed by atoms with Crippen LogP contribution in [-0.2, 0) is 23.6 Å². The summed E-state index contributed by atoms with van der Waals surface area (Å²) in [7, 11) is 0. The number of aromatic nitrogens is 2. The number of hydrogen-bond acceptors (Lipinski definition) is 2. The van der Waals surface area contributed by atoms with E-state index in [-0.39, 0.29) is 0 Å². The minimum atomic E-state index is 0.371. The largest absolute Gasteiger partial charge is 0.376 e. The fourth-order valence-electron chi connectivity index (χ4n) is 1.60. The second kappa shape index (κ2) is 4.32. The first-order valence-electron chi connectivity index (χ1n) is 5.06. The maximum absolute atomic E-state index is 5.82. The molecule has 0 amide bonds. The van der Waals surface area contributed by atoms with E-state index < -0.39 is 0 Å². The lowest BCUT2D eigenvalue weighted by molar-refractivity contribution is -0.0595. The molecule has 0 saturated carbocycles. The third kappa shape index (κ3) is 1.93. The molecule has 1 unspecified atom stereocenters. The van der Waals surface area contributed by atoms with Gasteiger partial charge in [-0.05, 0) is 12.8 Å². The molecule has 1 aromatic heterocycles. The van der Waals surface area contributed by atoms with Crippen molar-refractivity contribution in [1.82, 2.24) is 9.55 Å². The first-order valence-corrected chi connectivity index (χ1v) is 5.59. The van der Waals surface area contributed by atoms with Crippen LogP contribution in [0, 0.1) is 0 Å². The zero-order chi connectivity index (χ0) is 9.97. The highest BCUT2D eigenvalue weighted by Gasteiger charge is 2.19. The van der Waals surface area contributed by atoms with Crippen molar-refractivity contribution in [3.63, 3.8) is 0 Å². The van der Waals surface area contributed by atoms with Crippen molar-refractivity contribution in [2.45, 2.75) is 38.3 Å². The second-order valence-corrected chi connectivity index (χ2v) is 3.84. The number of nitrogens with zero attached hydrogens (tertiary/aromatic N) is 2. The molecular weight excluding hydrogens is 200 g/mol. The molecule has 0 aromatic carbocycles. The van der Waals surface area contributed by atoms with Gasteiger partial charge in [-0.2, -0.15) is 0 Å². The standard InChI is InChI=1S/C10H15ClN2O/c1-2-8-6-13(10(5-11)12-8)7-9-3-4-14-9/h6,9H,2-5,7H2,1H3. The molecule has 14 heavy (non-hydrogen) atoms. The van der Waals surface area contributed by atoms with Crippen LogP contribution < -0.4 is 0 Å². The Morgan fingerprint density at radius 2 is 2.50 bits per heavy atom. The number of aryl methyl sites for hydroxylation is 1. The van der Waals surface area contributed by atoms with Crippen LogP contribution >= 0.6 is 11.6 Å². The Hall–Kier alpha value is -0.540. The van der Waals surface area contributed by atoms with Crippen molar-refractivity contribution in [2.24, 2.45) is 0 Å². The molecule has 4 heteroatoms. The van der Waals surface area contributed by atoms with E-state index in [1.807, 2.05) is 0 Å². The number of imidazole rings is 1. The van der Waals surface area contributed by atoms with Crippen molar-refractivity contribution in [1.29, 1.82) is 0 Å². The summed E-state index contributed by atoms with van der Waals surface area (Å²) < 4.78 is 7.51. The lowest BCUT2D eigenvalue weighted by Crippen LogP contribution is -2.31. The summed E-state index contributed by atoms with van der Waals surface area (Å²) in [6.45, 7) is 3.90. The SMILES string of the molecule is CCc1cn(CC2CCO2)c(CCl)n1. The molecule has 0 spiro atoms. The smallest absolute Gasteiger partial charge is 0.124 e. The predicted octanol–water partition coefficient (Wildman–Crippen LogP) is 1.97. The second-order valence-electron chi connectivity index (χ2n) is 3.57. The lowest BCUT2D eigenvalue weighted by Gasteiger charge is -2.27. The van der Waals surface area contributed by atoms with E-state index in [0.29, 0.717) is 12.0 Å². The Kier molecular flexibility index (Phi) is 3.08. The molecule has 1 fully saturated rings. The summed E-state index contributed by atoms with van der Waals surface area (Å²) in [6, 6.07) is 0. The molecular formula is C10H15ClN2O. The van der Waals surface area contributed by atoms with Crippen molar-refractivity contribution in [3.05, 3.63) is 17.7 Å². The zero-order valence-electron chi connectivity index (χ0n) is 8.37. The lowest BCUT2D eigenvalue weighted by atomic mass is 10.2. The number of halogens is 1. The Morgan fingerprint density at radius 1 is 1.71 bits per heavy atom. The topological polar surface area (TPSA) is 27.1 Å². The Bertz CT molecular complexity index is 307. The number of hydrogen-bond donors (Lipinski definition) is 0. The summed E-state index contributed by atoms with van der Waals surface area (Å²) in [4.78, 5) is 4.43. The van der Waals surface area contributed by atoms with Crippen molar-refractivity contribution in [2.75, 3.05) is 6.61 Å². The highest BCUT2D eigenvalue weighted by molar-refractivity contribution is 6.16. The summed E-state index contributed by atoms with van der Waals surface area (Å²) in [6.07, 6.45) is 4.57. The molecule has 78 valence electrons. The monoisotopic (exact) mass is 214 g/mol. The predicted molar refractivity (Wildman–Crippen MR) is 55.5 cm³/mol. The fourth-order valence-corrected chi connectivity index (χ4v) is 1.81. The maximum atomic E-state index is 5.82. The van der Waals surface area contributed by atoms with Gasteiger partial charge in [0.2, 0.25) is 0 Å². The average molecular weight is 215 g/mol. The first-order chi connectivity index (χ1) is 6.83. The van der Waals surface area contributed by atoms with E-state index in [1.165, 1.54) is 0 Å². The molecule has 1 atom stereocenters. The van der Waals surface area contributed by atoms with E-state index in [9.17, 15) is 0 Å². The molecule has 1 saturated heterocycles. The number of alkyl halides is 1. The van der Waals surface area contributed by atoms with E-state index in [1.54, 1.807) is 0 Å². The van der Waals surface area contributed by atoms with Gasteiger partial charge in [0.25, 0.3) is 0 Å². The van der Waals surface area contributed by atoms with E-state index in [2.05, 4.69) is 22.7 Å². The van der Waals surface area contributed by atoms with Crippen LogP contribution in [0.25, 0.3) is 0 Å². The van der Waals surface area contributed by atoms with Gasteiger partial charge in [0.15, 0.2) is 0 Å². The van der Waals surface area contributed by atoms with Gasteiger partial charge < -0.3 is 9.30 Å². The summed E-state index contributed by atoms with van der Waals surface area (Å²) in [5.74, 6) is 1.44. The normalized spacial score (nSPS) is 20.9. The van der Waals surface area contributed by atoms with Gasteiger partial charge in [0.05, 0.1) is 24.2 Å². The van der Waals surface area contributed by atoms with Gasteiger partial charge in [-0.3, -0.25) is 0 Å². The molecule has 2 rings (SSSR count). The molecule has 0 N–H and O–H groups in total. The van der Waals surface area contributed by atoms with E-state index in [0.717, 1.165) is 37.5 Å². The summed E-state index contributed by atoms with van der Waals surface area (Å²) in [5.41, 5.74) is 1.11. The third-order valence-corrected chi connectivity index (χ3v) is 2.82. The van der Waals surface area contributed by atoms with Crippen molar-refractivity contribution < 1.29 is 4.74 Å². The Labute approximate surface area is 89.0 Å². The van der Waals surface area contributed by atoms with E-state index in [4.69, 9.17) is 16.3 Å². The van der Waals surface area contributed by atoms with Gasteiger partial charge in [0, 0.05) is 12.8 Å². The molecule has 0 radical (unpaired) electrons. The highest BCUT2D eigenvalue weighted by Crippen LogP contribution is 2.16. The van der Waals surface area contributed by atoms with Crippen molar-refractivity contribution in [3.8, 4) is 0 Å². The van der Waals surface area contributed by atoms with Crippen LogP contribution in [-0.4, -0.2) is 22.3 Å². The zero-order valence-corrected chi connectivity index (χ0v) is 9.13. The third-order valence-electron chi connectivity index (χ3n) is 2.58. The minimum absolute atomic E-state index is 0.371. The van der Waals surface area contributed by atoms with Gasteiger partial charge in [-0.15, -0.1) is 11.6 Å². The van der Waals surface area contributed by atoms with Crippen LogP contribution in [0.3, 0.4) is 0 Å². The summed E-state index contributed by atoms with van der Waals surface area (Å²) >= 11 is 5.82. The first kappa shape index (κ1) is 9.99. The minimum Gasteiger partial charge on any atom is -0.376 e. The van der Waals surface area contributed by atoms with Crippen LogP contribution in [0.4, 0.5) is 0 Å². The average Bonchev–Trinajstić information content (AvgIpc) is 2.53. The molecule has 3 nitrogen and oxygen atoms in total. The summed E-state index contributed by atoms with van der Waals surface area (Å²) in [5, 5.41) is 0. The molecule has 0 aliphatic carbocycles. The van der Waals surface area contributed by atoms with Gasteiger partial charge in [-0.1, -0.05) is 6.92 Å². The Morgan fingerprint density at radius 3 is 3.00 bits per heavy atom. The highest BCUT2D eigenvalue weighted by atomic mass is 35.5. The van der Waals surface area contributed by atoms with Gasteiger partial charge in [0.1, 0.15) is 5.82 Å². The van der Waals surface area contributed by atoms with Gasteiger partial charge in [-0.25, -0.2) is 4.98 Å². The van der Waals surface area contributed by atoms with Crippen molar-refractivity contribution >= 4 is 11.6 Å². The van der Waals surface area contributed by atoms with Crippen LogP contribution in [0.1, 0.15) is 24.9 Å². The number of rotatable bonds is 4. The van der Waals surface area contributed by atoms with Crippen LogP contribution in [0.15, 0.2) is 6.20 Å². The molecule has 2 heterocycles.